The van der Waals surface area contributed by atoms with Crippen LogP contribution < -0.4 is 10.1 Å². The van der Waals surface area contributed by atoms with Crippen LogP contribution in [0.2, 0.25) is 0 Å². The van der Waals surface area contributed by atoms with Gasteiger partial charge in [0.1, 0.15) is 5.75 Å². The number of likely N-dealkylation sites (tertiary alicyclic amines) is 1. The van der Waals surface area contributed by atoms with E-state index < -0.39 is 0 Å². The van der Waals surface area contributed by atoms with Gasteiger partial charge in [-0.25, -0.2) is 0 Å². The fraction of sp³-hybridized carbons (Fsp3) is 0.652. The fourth-order valence-corrected chi connectivity index (χ4v) is 3.26. The Kier molecular flexibility index (Phi) is 7.90. The molecule has 0 bridgehead atoms. The summed E-state index contributed by atoms with van der Waals surface area (Å²) in [5.41, 5.74) is 1.42. The number of hydrogen-bond acceptors (Lipinski definition) is 3. The van der Waals surface area contributed by atoms with Gasteiger partial charge in [-0.2, -0.15) is 0 Å². The van der Waals surface area contributed by atoms with Crippen molar-refractivity contribution < 1.29 is 14.3 Å². The zero-order valence-electron chi connectivity index (χ0n) is 18.1. The molecule has 0 unspecified atom stereocenters. The SMILES string of the molecule is CC(C)C(=O)NC1CCN(C(=O)CCCOc2ccc(C(C)(C)C)cc2)CC1. The van der Waals surface area contributed by atoms with Gasteiger partial charge >= 0.3 is 0 Å². The van der Waals surface area contributed by atoms with Gasteiger partial charge in [-0.05, 0) is 42.4 Å². The number of carbonyl (C=O) groups excluding carboxylic acids is 2. The van der Waals surface area contributed by atoms with Gasteiger partial charge in [0.2, 0.25) is 11.8 Å². The van der Waals surface area contributed by atoms with Crippen molar-refractivity contribution in [2.75, 3.05) is 19.7 Å². The highest BCUT2D eigenvalue weighted by atomic mass is 16.5. The van der Waals surface area contributed by atoms with Crippen LogP contribution in [0.4, 0.5) is 0 Å². The summed E-state index contributed by atoms with van der Waals surface area (Å²) in [6, 6.07) is 8.39. The third-order valence-electron chi connectivity index (χ3n) is 5.24. The maximum absolute atomic E-state index is 12.4. The molecule has 0 saturated carbocycles. The molecule has 5 heteroatoms. The van der Waals surface area contributed by atoms with Gasteiger partial charge in [-0.15, -0.1) is 0 Å². The van der Waals surface area contributed by atoms with Crippen molar-refractivity contribution in [3.63, 3.8) is 0 Å². The summed E-state index contributed by atoms with van der Waals surface area (Å²) in [6.07, 6.45) is 2.88. The number of benzene rings is 1. The highest BCUT2D eigenvalue weighted by Gasteiger charge is 2.24. The smallest absolute Gasteiger partial charge is 0.222 e. The molecule has 1 aliphatic rings. The van der Waals surface area contributed by atoms with Crippen molar-refractivity contribution in [2.24, 2.45) is 5.92 Å². The van der Waals surface area contributed by atoms with Gasteiger partial charge in [0, 0.05) is 31.5 Å². The number of nitrogens with one attached hydrogen (secondary N) is 1. The first-order chi connectivity index (χ1) is 13.2. The van der Waals surface area contributed by atoms with Crippen molar-refractivity contribution in [3.05, 3.63) is 29.8 Å². The van der Waals surface area contributed by atoms with Crippen LogP contribution in [0.3, 0.4) is 0 Å². The van der Waals surface area contributed by atoms with E-state index in [0.29, 0.717) is 19.4 Å². The van der Waals surface area contributed by atoms with Crippen molar-refractivity contribution >= 4 is 11.8 Å². The number of hydrogen-bond donors (Lipinski definition) is 1. The second-order valence-corrected chi connectivity index (χ2v) is 9.04. The van der Waals surface area contributed by atoms with E-state index in [2.05, 4.69) is 38.2 Å². The molecule has 1 aromatic carbocycles. The van der Waals surface area contributed by atoms with E-state index >= 15 is 0 Å². The lowest BCUT2D eigenvalue weighted by Gasteiger charge is -2.32. The summed E-state index contributed by atoms with van der Waals surface area (Å²) in [5.74, 6) is 1.13. The summed E-state index contributed by atoms with van der Waals surface area (Å²) in [6.45, 7) is 12.3. The van der Waals surface area contributed by atoms with Crippen molar-refractivity contribution in [1.29, 1.82) is 0 Å². The summed E-state index contributed by atoms with van der Waals surface area (Å²) in [7, 11) is 0. The number of ether oxygens (including phenoxy) is 1. The first kappa shape index (κ1) is 22.3. The Labute approximate surface area is 169 Å². The van der Waals surface area contributed by atoms with Crippen molar-refractivity contribution in [2.45, 2.75) is 71.8 Å². The average molecular weight is 389 g/mol. The van der Waals surface area contributed by atoms with E-state index in [9.17, 15) is 9.59 Å². The zero-order valence-corrected chi connectivity index (χ0v) is 18.1. The molecule has 1 aliphatic heterocycles. The van der Waals surface area contributed by atoms with Gasteiger partial charge in [0.15, 0.2) is 0 Å². The van der Waals surface area contributed by atoms with Crippen LogP contribution in [0, 0.1) is 5.92 Å². The summed E-state index contributed by atoms with van der Waals surface area (Å²) in [4.78, 5) is 26.1. The predicted molar refractivity (Wildman–Crippen MR) is 112 cm³/mol. The summed E-state index contributed by atoms with van der Waals surface area (Å²) >= 11 is 0. The number of nitrogens with zero attached hydrogens (tertiary/aromatic N) is 1. The summed E-state index contributed by atoms with van der Waals surface area (Å²) in [5, 5.41) is 3.06. The van der Waals surface area contributed by atoms with E-state index in [-0.39, 0.29) is 29.2 Å². The standard InChI is InChI=1S/C23H36N2O3/c1-17(2)22(27)24-19-12-14-25(15-13-19)21(26)7-6-16-28-20-10-8-18(9-11-20)23(3,4)5/h8-11,17,19H,6-7,12-16H2,1-5H3,(H,24,27). The highest BCUT2D eigenvalue weighted by molar-refractivity contribution is 5.78. The van der Waals surface area contributed by atoms with Crippen LogP contribution in [0.15, 0.2) is 24.3 Å². The first-order valence-corrected chi connectivity index (χ1v) is 10.5. The van der Waals surface area contributed by atoms with Gasteiger partial charge in [-0.1, -0.05) is 46.8 Å². The Hall–Kier alpha value is -2.04. The molecule has 28 heavy (non-hydrogen) atoms. The van der Waals surface area contributed by atoms with Crippen LogP contribution >= 0.6 is 0 Å². The normalized spacial score (nSPS) is 15.6. The minimum absolute atomic E-state index is 0.00401. The molecule has 0 radical (unpaired) electrons. The number of amides is 2. The van der Waals surface area contributed by atoms with Gasteiger partial charge in [0.25, 0.3) is 0 Å². The maximum Gasteiger partial charge on any atom is 0.222 e. The molecule has 5 nitrogen and oxygen atoms in total. The molecule has 156 valence electrons. The van der Waals surface area contributed by atoms with E-state index in [0.717, 1.165) is 31.7 Å². The molecule has 0 atom stereocenters. The molecule has 1 fully saturated rings. The molecule has 1 heterocycles. The second kappa shape index (κ2) is 9.94. The van der Waals surface area contributed by atoms with E-state index in [1.807, 2.05) is 30.9 Å². The van der Waals surface area contributed by atoms with E-state index in [1.54, 1.807) is 0 Å². The highest BCUT2D eigenvalue weighted by Crippen LogP contribution is 2.24. The van der Waals surface area contributed by atoms with Gasteiger partial charge < -0.3 is 15.0 Å². The first-order valence-electron chi connectivity index (χ1n) is 10.5. The minimum atomic E-state index is 0.00401. The van der Waals surface area contributed by atoms with Crippen LogP contribution in [0.25, 0.3) is 0 Å². The summed E-state index contributed by atoms with van der Waals surface area (Å²) < 4.78 is 5.78. The molecular weight excluding hydrogens is 352 g/mol. The lowest BCUT2D eigenvalue weighted by atomic mass is 9.87. The van der Waals surface area contributed by atoms with Crippen molar-refractivity contribution in [1.82, 2.24) is 10.2 Å². The molecule has 2 rings (SSSR count). The lowest BCUT2D eigenvalue weighted by Crippen LogP contribution is -2.47. The van der Waals surface area contributed by atoms with Gasteiger partial charge in [-0.3, -0.25) is 9.59 Å². The van der Waals surface area contributed by atoms with Gasteiger partial charge in [0.05, 0.1) is 6.61 Å². The Morgan fingerprint density at radius 1 is 1.14 bits per heavy atom. The quantitative estimate of drug-likeness (QED) is 0.721. The van der Waals surface area contributed by atoms with Crippen LogP contribution in [0.1, 0.15) is 65.9 Å². The molecule has 1 N–H and O–H groups in total. The Morgan fingerprint density at radius 2 is 1.75 bits per heavy atom. The molecule has 0 aliphatic carbocycles. The molecule has 1 saturated heterocycles. The van der Waals surface area contributed by atoms with E-state index in [4.69, 9.17) is 4.74 Å². The average Bonchev–Trinajstić information content (AvgIpc) is 2.65. The largest absolute Gasteiger partial charge is 0.494 e. The zero-order chi connectivity index (χ0) is 20.7. The molecule has 0 aromatic heterocycles. The second-order valence-electron chi connectivity index (χ2n) is 9.04. The van der Waals surface area contributed by atoms with E-state index in [1.165, 1.54) is 5.56 Å². The number of rotatable bonds is 7. The van der Waals surface area contributed by atoms with Crippen LogP contribution in [-0.2, 0) is 15.0 Å². The van der Waals surface area contributed by atoms with Crippen LogP contribution in [-0.4, -0.2) is 42.5 Å². The Balaban J connectivity index is 1.65. The molecule has 2 amide bonds. The third kappa shape index (κ3) is 6.84. The monoisotopic (exact) mass is 388 g/mol. The molecule has 0 spiro atoms. The lowest BCUT2D eigenvalue weighted by molar-refractivity contribution is -0.132. The topological polar surface area (TPSA) is 58.6 Å². The molecule has 1 aromatic rings. The molecular formula is C23H36N2O3. The maximum atomic E-state index is 12.4. The minimum Gasteiger partial charge on any atom is -0.494 e. The third-order valence-corrected chi connectivity index (χ3v) is 5.24. The number of carbonyl (C=O) groups is 2. The Morgan fingerprint density at radius 3 is 2.29 bits per heavy atom. The number of piperidine rings is 1. The predicted octanol–water partition coefficient (Wildman–Crippen LogP) is 3.91. The Bertz CT molecular complexity index is 639. The van der Waals surface area contributed by atoms with Crippen LogP contribution in [0.5, 0.6) is 5.75 Å². The van der Waals surface area contributed by atoms with Crippen molar-refractivity contribution in [3.8, 4) is 5.75 Å². The fourth-order valence-electron chi connectivity index (χ4n) is 3.26.